The van der Waals surface area contributed by atoms with Gasteiger partial charge in [0.05, 0.1) is 6.20 Å². The molecule has 2 aromatic rings. The summed E-state index contributed by atoms with van der Waals surface area (Å²) >= 11 is 0. The van der Waals surface area contributed by atoms with Crippen molar-refractivity contribution in [3.8, 4) is 11.5 Å². The molecule has 3 rings (SSSR count). The fourth-order valence-corrected chi connectivity index (χ4v) is 2.20. The van der Waals surface area contributed by atoms with Gasteiger partial charge in [-0.1, -0.05) is 25.1 Å². The predicted octanol–water partition coefficient (Wildman–Crippen LogP) is 3.69. The molecule has 0 amide bonds. The Hall–Kier alpha value is -1.87. The molecule has 1 heterocycles. The second-order valence-electron chi connectivity index (χ2n) is 5.20. The van der Waals surface area contributed by atoms with Crippen molar-refractivity contribution in [3.05, 3.63) is 53.9 Å². The number of benzene rings is 1. The van der Waals surface area contributed by atoms with Gasteiger partial charge in [-0.25, -0.2) is 0 Å². The first-order chi connectivity index (χ1) is 9.86. The van der Waals surface area contributed by atoms with Gasteiger partial charge in [-0.3, -0.25) is 4.98 Å². The van der Waals surface area contributed by atoms with E-state index in [1.807, 2.05) is 30.5 Å². The van der Waals surface area contributed by atoms with Crippen LogP contribution in [0, 0.1) is 0 Å². The Labute approximate surface area is 120 Å². The molecule has 0 spiro atoms. The van der Waals surface area contributed by atoms with E-state index in [1.54, 1.807) is 6.20 Å². The van der Waals surface area contributed by atoms with Gasteiger partial charge in [0.1, 0.15) is 11.5 Å². The fraction of sp³-hybridized carbons (Fsp3) is 0.353. The van der Waals surface area contributed by atoms with Crippen LogP contribution >= 0.6 is 0 Å². The van der Waals surface area contributed by atoms with Gasteiger partial charge >= 0.3 is 0 Å². The second kappa shape index (κ2) is 6.06. The third kappa shape index (κ3) is 3.17. The van der Waals surface area contributed by atoms with E-state index < -0.39 is 0 Å². The van der Waals surface area contributed by atoms with Crippen LogP contribution in [0.25, 0.3) is 0 Å². The zero-order valence-corrected chi connectivity index (χ0v) is 11.8. The molecular weight excluding hydrogens is 248 g/mol. The highest BCUT2D eigenvalue weighted by Crippen LogP contribution is 2.28. The molecule has 1 fully saturated rings. The summed E-state index contributed by atoms with van der Waals surface area (Å²) in [6, 6.07) is 10.9. The highest BCUT2D eigenvalue weighted by Gasteiger charge is 2.20. The average molecular weight is 268 g/mol. The lowest BCUT2D eigenvalue weighted by Crippen LogP contribution is -2.15. The highest BCUT2D eigenvalue weighted by molar-refractivity contribution is 5.40. The van der Waals surface area contributed by atoms with Crippen molar-refractivity contribution in [1.29, 1.82) is 0 Å². The highest BCUT2D eigenvalue weighted by atomic mass is 16.5. The van der Waals surface area contributed by atoms with E-state index in [2.05, 4.69) is 23.3 Å². The molecule has 0 aliphatic heterocycles. The first-order valence-corrected chi connectivity index (χ1v) is 7.29. The summed E-state index contributed by atoms with van der Waals surface area (Å²) in [4.78, 5) is 4.19. The number of aromatic nitrogens is 1. The summed E-state index contributed by atoms with van der Waals surface area (Å²) in [5, 5.41) is 3.52. The Bertz CT molecular complexity index is 579. The Morgan fingerprint density at radius 2 is 2.00 bits per heavy atom. The van der Waals surface area contributed by atoms with E-state index in [9.17, 15) is 0 Å². The maximum Gasteiger partial charge on any atom is 0.150 e. The molecule has 1 saturated carbocycles. The second-order valence-corrected chi connectivity index (χ2v) is 5.20. The van der Waals surface area contributed by atoms with Gasteiger partial charge in [0.25, 0.3) is 0 Å². The largest absolute Gasteiger partial charge is 0.455 e. The zero-order valence-electron chi connectivity index (χ0n) is 11.8. The van der Waals surface area contributed by atoms with Crippen LogP contribution in [0.5, 0.6) is 11.5 Å². The van der Waals surface area contributed by atoms with E-state index >= 15 is 0 Å². The molecule has 20 heavy (non-hydrogen) atoms. The molecule has 3 nitrogen and oxygen atoms in total. The lowest BCUT2D eigenvalue weighted by molar-refractivity contribution is 0.464. The van der Waals surface area contributed by atoms with Gasteiger partial charge < -0.3 is 10.1 Å². The molecule has 0 radical (unpaired) electrons. The molecule has 0 unspecified atom stereocenters. The van der Waals surface area contributed by atoms with Gasteiger partial charge in [-0.2, -0.15) is 0 Å². The number of nitrogens with zero attached hydrogens (tertiary/aromatic N) is 1. The van der Waals surface area contributed by atoms with Crippen LogP contribution in [0.1, 0.15) is 30.9 Å². The quantitative estimate of drug-likeness (QED) is 0.867. The molecule has 1 aromatic carbocycles. The minimum absolute atomic E-state index is 0.693. The zero-order chi connectivity index (χ0) is 13.8. The third-order valence-corrected chi connectivity index (χ3v) is 3.60. The topological polar surface area (TPSA) is 34.1 Å². The van der Waals surface area contributed by atoms with E-state index in [0.717, 1.165) is 30.0 Å². The van der Waals surface area contributed by atoms with E-state index in [4.69, 9.17) is 4.74 Å². The summed E-state index contributed by atoms with van der Waals surface area (Å²) in [5.74, 6) is 1.78. The van der Waals surface area contributed by atoms with Crippen molar-refractivity contribution < 1.29 is 4.74 Å². The Morgan fingerprint density at radius 3 is 2.80 bits per heavy atom. The molecule has 1 aliphatic rings. The van der Waals surface area contributed by atoms with E-state index in [0.29, 0.717) is 6.04 Å². The number of para-hydroxylation sites is 1. The predicted molar refractivity (Wildman–Crippen MR) is 80.0 cm³/mol. The van der Waals surface area contributed by atoms with Crippen molar-refractivity contribution in [3.63, 3.8) is 0 Å². The van der Waals surface area contributed by atoms with E-state index in [1.165, 1.54) is 18.4 Å². The van der Waals surface area contributed by atoms with Crippen molar-refractivity contribution in [2.24, 2.45) is 0 Å². The number of nitrogens with one attached hydrogen (secondary N) is 1. The van der Waals surface area contributed by atoms with Crippen molar-refractivity contribution >= 4 is 0 Å². The molecule has 3 heteroatoms. The maximum absolute atomic E-state index is 6.08. The number of pyridine rings is 1. The number of rotatable bonds is 6. The number of hydrogen-bond donors (Lipinski definition) is 1. The lowest BCUT2D eigenvalue weighted by atomic mass is 10.1. The van der Waals surface area contributed by atoms with Gasteiger partial charge in [0, 0.05) is 24.3 Å². The van der Waals surface area contributed by atoms with Crippen molar-refractivity contribution in [1.82, 2.24) is 10.3 Å². The van der Waals surface area contributed by atoms with Gasteiger partial charge in [0.15, 0.2) is 0 Å². The minimum atomic E-state index is 0.693. The average Bonchev–Trinajstić information content (AvgIpc) is 3.31. The van der Waals surface area contributed by atoms with Gasteiger partial charge in [-0.15, -0.1) is 0 Å². The Balaban J connectivity index is 1.78. The smallest absolute Gasteiger partial charge is 0.150 e. The third-order valence-electron chi connectivity index (χ3n) is 3.60. The standard InChI is InChI=1S/C17H20N2O/c1-2-13-5-3-4-6-16(13)20-17-12-18-10-9-14(17)11-19-15-7-8-15/h3-6,9-10,12,15,19H,2,7-8,11H2,1H3. The molecule has 1 aliphatic carbocycles. The van der Waals surface area contributed by atoms with Crippen molar-refractivity contribution in [2.45, 2.75) is 38.8 Å². The Kier molecular flexibility index (Phi) is 3.97. The molecule has 1 N–H and O–H groups in total. The van der Waals surface area contributed by atoms with Crippen LogP contribution in [-0.2, 0) is 13.0 Å². The summed E-state index contributed by atoms with van der Waals surface area (Å²) < 4.78 is 6.08. The monoisotopic (exact) mass is 268 g/mol. The SMILES string of the molecule is CCc1ccccc1Oc1cnccc1CNC1CC1. The van der Waals surface area contributed by atoms with Crippen LogP contribution in [0.4, 0.5) is 0 Å². The lowest BCUT2D eigenvalue weighted by Gasteiger charge is -2.13. The Morgan fingerprint density at radius 1 is 1.15 bits per heavy atom. The molecular formula is C17H20N2O. The number of aryl methyl sites for hydroxylation is 1. The molecule has 104 valence electrons. The molecule has 0 saturated heterocycles. The van der Waals surface area contributed by atoms with Crippen LogP contribution in [0.3, 0.4) is 0 Å². The van der Waals surface area contributed by atoms with Crippen LogP contribution in [-0.4, -0.2) is 11.0 Å². The summed E-state index contributed by atoms with van der Waals surface area (Å²) in [7, 11) is 0. The summed E-state index contributed by atoms with van der Waals surface area (Å²) in [6.45, 7) is 2.98. The van der Waals surface area contributed by atoms with Crippen LogP contribution < -0.4 is 10.1 Å². The van der Waals surface area contributed by atoms with Crippen LogP contribution in [0.2, 0.25) is 0 Å². The summed E-state index contributed by atoms with van der Waals surface area (Å²) in [6.07, 6.45) is 7.17. The fourth-order valence-electron chi connectivity index (χ4n) is 2.20. The number of ether oxygens (including phenoxy) is 1. The first-order valence-electron chi connectivity index (χ1n) is 7.29. The summed E-state index contributed by atoms with van der Waals surface area (Å²) in [5.41, 5.74) is 2.38. The van der Waals surface area contributed by atoms with Crippen LogP contribution in [0.15, 0.2) is 42.7 Å². The minimum Gasteiger partial charge on any atom is -0.455 e. The normalized spacial score (nSPS) is 14.2. The van der Waals surface area contributed by atoms with Gasteiger partial charge in [-0.05, 0) is 37.0 Å². The maximum atomic E-state index is 6.08. The number of hydrogen-bond acceptors (Lipinski definition) is 3. The molecule has 0 bridgehead atoms. The molecule has 1 aromatic heterocycles. The van der Waals surface area contributed by atoms with Crippen molar-refractivity contribution in [2.75, 3.05) is 0 Å². The van der Waals surface area contributed by atoms with Gasteiger partial charge in [0.2, 0.25) is 0 Å². The molecule has 0 atom stereocenters. The van der Waals surface area contributed by atoms with E-state index in [-0.39, 0.29) is 0 Å². The first kappa shape index (κ1) is 13.1.